The quantitative estimate of drug-likeness (QED) is 0.203. The van der Waals surface area contributed by atoms with E-state index in [1.54, 1.807) is 36.4 Å². The highest BCUT2D eigenvalue weighted by Crippen LogP contribution is 2.22. The van der Waals surface area contributed by atoms with Gasteiger partial charge in [-0.1, -0.05) is 0 Å². The van der Waals surface area contributed by atoms with Gasteiger partial charge in [0.25, 0.3) is 10.5 Å². The summed E-state index contributed by atoms with van der Waals surface area (Å²) in [4.78, 5) is 24.9. The Morgan fingerprint density at radius 1 is 1.07 bits per heavy atom. The number of ether oxygens (including phenoxy) is 1. The predicted molar refractivity (Wildman–Crippen MR) is 109 cm³/mol. The minimum Gasteiger partial charge on any atom is -0.722 e. The average Bonchev–Trinajstić information content (AvgIpc) is 2.64. The molecule has 160 valence electrons. The molecule has 1 aromatic heterocycles. The Balaban J connectivity index is 0.000000575. The molecule has 30 heavy (non-hydrogen) atoms. The lowest BCUT2D eigenvalue weighted by molar-refractivity contribution is 0.103. The molecule has 0 bridgehead atoms. The average molecular weight is 437 g/mol. The first-order valence-corrected chi connectivity index (χ1v) is 9.84. The maximum Gasteiger partial charge on any atom is 0.347 e. The van der Waals surface area contributed by atoms with Gasteiger partial charge in [0.05, 0.1) is 28.3 Å². The number of quaternary nitrogens is 1. The molecule has 0 atom stereocenters. The number of carbonyl (C=O) groups is 1. The number of halogens is 1. The molecule has 3 rings (SSSR count). The Morgan fingerprint density at radius 3 is 2.13 bits per heavy atom. The zero-order valence-corrected chi connectivity index (χ0v) is 17.5. The van der Waals surface area contributed by atoms with Crippen LogP contribution in [0.5, 0.6) is 5.75 Å². The van der Waals surface area contributed by atoms with E-state index >= 15 is 0 Å². The van der Waals surface area contributed by atoms with Crippen molar-refractivity contribution in [2.45, 2.75) is 0 Å². The number of nitrogens with zero attached hydrogens (tertiary/aromatic N) is 1. The minimum atomic E-state index is -5.42. The highest BCUT2D eigenvalue weighted by atomic mass is 32.3. The summed E-state index contributed by atoms with van der Waals surface area (Å²) >= 11 is 0. The first-order chi connectivity index (χ1) is 13.8. The number of hydrogen-bond acceptors (Lipinski definition) is 7. The van der Waals surface area contributed by atoms with E-state index in [9.17, 15) is 13.5 Å². The largest absolute Gasteiger partial charge is 0.722 e. The summed E-state index contributed by atoms with van der Waals surface area (Å²) in [6, 6.07) is 14.0. The lowest BCUT2D eigenvalue weighted by Gasteiger charge is -2.23. The lowest BCUT2D eigenvalue weighted by atomic mass is 10.0. The number of carbonyl (C=O) groups excluding carboxylic acids is 1. The lowest BCUT2D eigenvalue weighted by Crippen LogP contribution is -2.34. The van der Waals surface area contributed by atoms with E-state index in [2.05, 4.69) is 0 Å². The van der Waals surface area contributed by atoms with Crippen LogP contribution in [-0.2, 0) is 10.5 Å². The molecule has 0 fully saturated rings. The van der Waals surface area contributed by atoms with Crippen LogP contribution in [0.4, 0.5) is 9.57 Å². The molecule has 8 nitrogen and oxygen atoms in total. The van der Waals surface area contributed by atoms with Crippen molar-refractivity contribution in [3.63, 3.8) is 0 Å². The second kappa shape index (κ2) is 8.74. The summed E-state index contributed by atoms with van der Waals surface area (Å²) in [7, 11) is 2.26. The van der Waals surface area contributed by atoms with Crippen LogP contribution < -0.4 is 14.8 Å². The van der Waals surface area contributed by atoms with E-state index in [0.29, 0.717) is 26.8 Å². The maximum absolute atomic E-state index is 12.7. The number of ketones is 1. The summed E-state index contributed by atoms with van der Waals surface area (Å²) in [6.07, 6.45) is 0. The number of methoxy groups -OCH3 is 1. The Labute approximate surface area is 172 Å². The molecular weight excluding hydrogens is 417 g/mol. The second-order valence-corrected chi connectivity index (χ2v) is 7.92. The first-order valence-electron chi connectivity index (χ1n) is 8.54. The Hall–Kier alpha value is -3.08. The number of fused-ring (bicyclic) bond motifs is 1. The van der Waals surface area contributed by atoms with E-state index in [1.807, 2.05) is 33.3 Å². The smallest absolute Gasteiger partial charge is 0.347 e. The van der Waals surface area contributed by atoms with Crippen molar-refractivity contribution < 1.29 is 30.8 Å². The summed E-state index contributed by atoms with van der Waals surface area (Å²) in [5.41, 5.74) is 1.28. The van der Waals surface area contributed by atoms with Crippen molar-refractivity contribution in [1.82, 2.24) is 4.48 Å². The van der Waals surface area contributed by atoms with E-state index in [-0.39, 0.29) is 11.3 Å². The molecule has 0 N–H and O–H groups in total. The number of benzene rings is 2. The van der Waals surface area contributed by atoms with E-state index in [1.165, 1.54) is 7.11 Å². The van der Waals surface area contributed by atoms with Gasteiger partial charge in [-0.2, -0.15) is 0 Å². The molecule has 0 amide bonds. The van der Waals surface area contributed by atoms with E-state index < -0.39 is 16.1 Å². The zero-order chi connectivity index (χ0) is 22.7. The van der Waals surface area contributed by atoms with Crippen molar-refractivity contribution in [3.8, 4) is 5.75 Å². The van der Waals surface area contributed by atoms with Crippen LogP contribution in [0.15, 0.2) is 57.7 Å². The topological polar surface area (TPSA) is 114 Å². The van der Waals surface area contributed by atoms with E-state index in [4.69, 9.17) is 22.1 Å². The van der Waals surface area contributed by atoms with Gasteiger partial charge in [0, 0.05) is 17.0 Å². The number of hydrogen-bond donors (Lipinski definition) is 0. The van der Waals surface area contributed by atoms with Crippen LogP contribution in [0.2, 0.25) is 0 Å². The van der Waals surface area contributed by atoms with Gasteiger partial charge in [0.15, 0.2) is 5.78 Å². The van der Waals surface area contributed by atoms with Gasteiger partial charge in [-0.05, 0) is 42.5 Å². The maximum atomic E-state index is 12.7. The summed E-state index contributed by atoms with van der Waals surface area (Å²) in [5, 5.41) is 0.673. The van der Waals surface area contributed by atoms with Crippen LogP contribution in [0.3, 0.4) is 0 Å². The SMILES string of the molecule is COc1ccc2cc(C(=O)c3ccc([N+](C)(C)C)cc3)c(=O)oc2c1.O=S(=O)([O-])F. The summed E-state index contributed by atoms with van der Waals surface area (Å²) in [6.45, 7) is 0. The predicted octanol–water partition coefficient (Wildman–Crippen LogP) is 2.65. The van der Waals surface area contributed by atoms with Gasteiger partial charge < -0.3 is 13.7 Å². The fourth-order valence-corrected chi connectivity index (χ4v) is 2.59. The van der Waals surface area contributed by atoms with Gasteiger partial charge in [-0.25, -0.2) is 13.2 Å². The van der Waals surface area contributed by atoms with Crippen LogP contribution in [0.25, 0.3) is 11.0 Å². The molecule has 0 aliphatic rings. The zero-order valence-electron chi connectivity index (χ0n) is 16.7. The highest BCUT2D eigenvalue weighted by molar-refractivity contribution is 7.80. The van der Waals surface area contributed by atoms with Crippen LogP contribution in [0.1, 0.15) is 15.9 Å². The standard InChI is InChI=1S/C20H20NO4.FHO3S/c1-21(2,3)15-8-5-13(6-9-15)19(22)17-11-14-7-10-16(24-4)12-18(14)25-20(17)23;1-5(2,3)4/h5-12H,1-4H3;(H,2,3,4)/q+1;/p-1. The van der Waals surface area contributed by atoms with Crippen molar-refractivity contribution in [2.75, 3.05) is 28.3 Å². The van der Waals surface area contributed by atoms with Crippen LogP contribution >= 0.6 is 0 Å². The molecule has 10 heteroatoms. The van der Waals surface area contributed by atoms with Gasteiger partial charge in [-0.3, -0.25) is 9.28 Å². The van der Waals surface area contributed by atoms with Gasteiger partial charge >= 0.3 is 5.63 Å². The molecule has 0 aliphatic carbocycles. The Kier molecular flexibility index (Phi) is 6.76. The third-order valence-electron chi connectivity index (χ3n) is 4.09. The molecule has 0 saturated carbocycles. The fourth-order valence-electron chi connectivity index (χ4n) is 2.59. The first kappa shape index (κ1) is 23.2. The van der Waals surface area contributed by atoms with Crippen LogP contribution in [0, 0.1) is 0 Å². The normalized spacial score (nSPS) is 11.5. The molecule has 0 radical (unpaired) electrons. The molecule has 0 saturated heterocycles. The van der Waals surface area contributed by atoms with Crippen LogP contribution in [-0.4, -0.2) is 47.0 Å². The third-order valence-corrected chi connectivity index (χ3v) is 4.09. The molecule has 3 aromatic rings. The van der Waals surface area contributed by atoms with Crippen molar-refractivity contribution in [3.05, 3.63) is 70.1 Å². The Bertz CT molecular complexity index is 1220. The molecule has 1 heterocycles. The van der Waals surface area contributed by atoms with Crippen molar-refractivity contribution in [2.24, 2.45) is 0 Å². The summed E-state index contributed by atoms with van der Waals surface area (Å²) in [5.74, 6) is 0.241. The van der Waals surface area contributed by atoms with Crippen molar-refractivity contribution in [1.29, 1.82) is 0 Å². The third kappa shape index (κ3) is 6.21. The fraction of sp³-hybridized carbons (Fsp3) is 0.200. The monoisotopic (exact) mass is 437 g/mol. The van der Waals surface area contributed by atoms with Gasteiger partial charge in [-0.15, -0.1) is 3.89 Å². The molecule has 2 aromatic carbocycles. The van der Waals surface area contributed by atoms with E-state index in [0.717, 1.165) is 5.69 Å². The molecular formula is C20H20FNO7S. The molecule has 0 aliphatic heterocycles. The second-order valence-electron chi connectivity index (χ2n) is 7.13. The van der Waals surface area contributed by atoms with Gasteiger partial charge in [0.1, 0.15) is 22.6 Å². The highest BCUT2D eigenvalue weighted by Gasteiger charge is 2.18. The summed E-state index contributed by atoms with van der Waals surface area (Å²) < 4.78 is 46.4. The minimum absolute atomic E-state index is 0.0238. The molecule has 0 unspecified atom stereocenters. The Morgan fingerprint density at radius 2 is 1.63 bits per heavy atom. The number of rotatable bonds is 4. The molecule has 0 spiro atoms. The van der Waals surface area contributed by atoms with Crippen molar-refractivity contribution >= 4 is 32.9 Å². The van der Waals surface area contributed by atoms with Gasteiger partial charge in [0.2, 0.25) is 0 Å².